The minimum atomic E-state index is -0.328. The lowest BCUT2D eigenvalue weighted by molar-refractivity contribution is 0.588. The van der Waals surface area contributed by atoms with E-state index in [9.17, 15) is 4.39 Å². The Morgan fingerprint density at radius 2 is 1.88 bits per heavy atom. The molecule has 2 rings (SSSR count). The number of pyridine rings is 1. The molecule has 0 saturated heterocycles. The van der Waals surface area contributed by atoms with Gasteiger partial charge in [-0.2, -0.15) is 0 Å². The topological polar surface area (TPSA) is 12.9 Å². The van der Waals surface area contributed by atoms with E-state index >= 15 is 0 Å². The molecular weight excluding hydrogens is 245 g/mol. The molecule has 4 heteroatoms. The lowest BCUT2D eigenvalue weighted by Gasteiger charge is -2.02. The summed E-state index contributed by atoms with van der Waals surface area (Å²) in [6.07, 6.45) is 0. The summed E-state index contributed by atoms with van der Waals surface area (Å²) in [6.45, 7) is 0. The predicted molar refractivity (Wildman–Crippen MR) is 65.2 cm³/mol. The summed E-state index contributed by atoms with van der Waals surface area (Å²) in [7, 11) is 0. The van der Waals surface area contributed by atoms with Crippen molar-refractivity contribution in [3.05, 3.63) is 59.0 Å². The first-order valence-corrected chi connectivity index (χ1v) is 6.11. The summed E-state index contributed by atoms with van der Waals surface area (Å²) in [5.74, 6) is 0.357. The van der Waals surface area contributed by atoms with Crippen molar-refractivity contribution in [1.82, 2.24) is 4.98 Å². The molecule has 16 heavy (non-hydrogen) atoms. The fraction of sp³-hybridized carbons (Fsp3) is 0.0833. The molecule has 0 atom stereocenters. The first-order valence-electron chi connectivity index (χ1n) is 4.74. The van der Waals surface area contributed by atoms with Crippen LogP contribution in [0.15, 0.2) is 47.5 Å². The summed E-state index contributed by atoms with van der Waals surface area (Å²) in [4.78, 5) is 3.94. The first kappa shape index (κ1) is 11.4. The van der Waals surface area contributed by atoms with Crippen LogP contribution in [-0.4, -0.2) is 4.98 Å². The highest BCUT2D eigenvalue weighted by Crippen LogP contribution is 2.24. The first-order chi connectivity index (χ1) is 7.75. The van der Waals surface area contributed by atoms with Crippen molar-refractivity contribution in [2.45, 2.75) is 10.8 Å². The van der Waals surface area contributed by atoms with Gasteiger partial charge in [-0.1, -0.05) is 53.7 Å². The van der Waals surface area contributed by atoms with E-state index in [0.29, 0.717) is 15.9 Å². The van der Waals surface area contributed by atoms with Crippen LogP contribution in [0.4, 0.5) is 4.39 Å². The monoisotopic (exact) mass is 253 g/mol. The molecule has 1 aromatic heterocycles. The van der Waals surface area contributed by atoms with Gasteiger partial charge >= 0.3 is 0 Å². The Morgan fingerprint density at radius 1 is 1.12 bits per heavy atom. The molecule has 82 valence electrons. The molecule has 0 N–H and O–H groups in total. The normalized spacial score (nSPS) is 10.4. The zero-order valence-corrected chi connectivity index (χ0v) is 9.93. The SMILES string of the molecule is Fc1ccc(Cl)nc1SCc1ccccc1. The molecule has 0 spiro atoms. The molecule has 0 amide bonds. The van der Waals surface area contributed by atoms with Gasteiger partial charge in [0.2, 0.25) is 0 Å². The van der Waals surface area contributed by atoms with Crippen LogP contribution in [0.2, 0.25) is 5.15 Å². The molecule has 0 unspecified atom stereocenters. The number of benzene rings is 1. The second-order valence-electron chi connectivity index (χ2n) is 3.20. The molecule has 0 saturated carbocycles. The average Bonchev–Trinajstić information content (AvgIpc) is 2.32. The zero-order valence-electron chi connectivity index (χ0n) is 8.36. The Hall–Kier alpha value is -1.06. The van der Waals surface area contributed by atoms with Gasteiger partial charge in [0.05, 0.1) is 0 Å². The lowest BCUT2D eigenvalue weighted by atomic mass is 10.2. The van der Waals surface area contributed by atoms with Crippen molar-refractivity contribution < 1.29 is 4.39 Å². The third-order valence-corrected chi connectivity index (χ3v) is 3.25. The summed E-state index contributed by atoms with van der Waals surface area (Å²) in [5.41, 5.74) is 1.13. The van der Waals surface area contributed by atoms with Gasteiger partial charge in [0.1, 0.15) is 10.2 Å². The standard InChI is InChI=1S/C12H9ClFNS/c13-11-7-6-10(14)12(15-11)16-8-9-4-2-1-3-5-9/h1-7H,8H2. The molecule has 0 fully saturated rings. The summed E-state index contributed by atoms with van der Waals surface area (Å²) in [6, 6.07) is 12.6. The highest BCUT2D eigenvalue weighted by atomic mass is 35.5. The number of thioether (sulfide) groups is 1. The van der Waals surface area contributed by atoms with Gasteiger partial charge in [-0.05, 0) is 17.7 Å². The van der Waals surface area contributed by atoms with Crippen molar-refractivity contribution in [3.8, 4) is 0 Å². The van der Waals surface area contributed by atoms with Gasteiger partial charge < -0.3 is 0 Å². The molecule has 2 aromatic rings. The summed E-state index contributed by atoms with van der Waals surface area (Å²) < 4.78 is 13.3. The van der Waals surface area contributed by atoms with E-state index in [0.717, 1.165) is 5.56 Å². The fourth-order valence-corrected chi connectivity index (χ4v) is 2.29. The van der Waals surface area contributed by atoms with Gasteiger partial charge in [0.15, 0.2) is 5.82 Å². The van der Waals surface area contributed by atoms with E-state index in [1.165, 1.54) is 23.9 Å². The predicted octanol–water partition coefficient (Wildman–Crippen LogP) is 4.17. The average molecular weight is 254 g/mol. The third kappa shape index (κ3) is 2.97. The number of nitrogens with zero attached hydrogens (tertiary/aromatic N) is 1. The Balaban J connectivity index is 2.08. The quantitative estimate of drug-likeness (QED) is 0.602. The van der Waals surface area contributed by atoms with Crippen molar-refractivity contribution in [1.29, 1.82) is 0 Å². The van der Waals surface area contributed by atoms with Gasteiger partial charge in [0, 0.05) is 5.75 Å². The molecule has 0 radical (unpaired) electrons. The van der Waals surface area contributed by atoms with Crippen LogP contribution in [-0.2, 0) is 5.75 Å². The van der Waals surface area contributed by atoms with Crippen LogP contribution >= 0.6 is 23.4 Å². The zero-order chi connectivity index (χ0) is 11.4. The number of aromatic nitrogens is 1. The van der Waals surface area contributed by atoms with E-state index in [2.05, 4.69) is 4.98 Å². The molecule has 0 aliphatic heterocycles. The molecule has 1 aromatic carbocycles. The van der Waals surface area contributed by atoms with Crippen LogP contribution in [0.1, 0.15) is 5.56 Å². The van der Waals surface area contributed by atoms with Gasteiger partial charge in [-0.15, -0.1) is 0 Å². The van der Waals surface area contributed by atoms with E-state index in [1.54, 1.807) is 0 Å². The number of rotatable bonds is 3. The Labute approximate surface area is 103 Å². The molecular formula is C12H9ClFNS. The second kappa shape index (κ2) is 5.32. The van der Waals surface area contributed by atoms with E-state index in [1.807, 2.05) is 30.3 Å². The highest BCUT2D eigenvalue weighted by Gasteiger charge is 2.05. The van der Waals surface area contributed by atoms with Crippen molar-refractivity contribution in [2.24, 2.45) is 0 Å². The van der Waals surface area contributed by atoms with Gasteiger partial charge in [0.25, 0.3) is 0 Å². The smallest absolute Gasteiger partial charge is 0.155 e. The second-order valence-corrected chi connectivity index (χ2v) is 4.55. The Bertz CT molecular complexity index is 476. The van der Waals surface area contributed by atoms with E-state index in [-0.39, 0.29) is 5.82 Å². The van der Waals surface area contributed by atoms with Gasteiger partial charge in [-0.25, -0.2) is 9.37 Å². The fourth-order valence-electron chi connectivity index (χ4n) is 1.23. The van der Waals surface area contributed by atoms with Crippen LogP contribution in [0.3, 0.4) is 0 Å². The van der Waals surface area contributed by atoms with Crippen LogP contribution in [0.5, 0.6) is 0 Å². The van der Waals surface area contributed by atoms with Crippen molar-refractivity contribution in [3.63, 3.8) is 0 Å². The molecule has 1 nitrogen and oxygen atoms in total. The van der Waals surface area contributed by atoms with E-state index in [4.69, 9.17) is 11.6 Å². The summed E-state index contributed by atoms with van der Waals surface area (Å²) >= 11 is 7.05. The van der Waals surface area contributed by atoms with Crippen molar-refractivity contribution in [2.75, 3.05) is 0 Å². The minimum Gasteiger partial charge on any atom is -0.227 e. The number of hydrogen-bond donors (Lipinski definition) is 0. The van der Waals surface area contributed by atoms with Gasteiger partial charge in [-0.3, -0.25) is 0 Å². The largest absolute Gasteiger partial charge is 0.227 e. The third-order valence-electron chi connectivity index (χ3n) is 2.00. The van der Waals surface area contributed by atoms with E-state index < -0.39 is 0 Å². The maximum atomic E-state index is 13.3. The Kier molecular flexibility index (Phi) is 3.80. The molecule has 0 aliphatic carbocycles. The summed E-state index contributed by atoms with van der Waals surface area (Å²) in [5, 5.41) is 0.660. The van der Waals surface area contributed by atoms with Crippen LogP contribution < -0.4 is 0 Å². The Morgan fingerprint density at radius 3 is 2.62 bits per heavy atom. The lowest BCUT2D eigenvalue weighted by Crippen LogP contribution is -1.88. The van der Waals surface area contributed by atoms with Crippen LogP contribution in [0.25, 0.3) is 0 Å². The minimum absolute atomic E-state index is 0.317. The molecule has 0 aliphatic rings. The number of halogens is 2. The number of hydrogen-bond acceptors (Lipinski definition) is 2. The van der Waals surface area contributed by atoms with Crippen molar-refractivity contribution >= 4 is 23.4 Å². The molecule has 0 bridgehead atoms. The molecule has 1 heterocycles. The van der Waals surface area contributed by atoms with Crippen LogP contribution in [0, 0.1) is 5.82 Å². The maximum absolute atomic E-state index is 13.3. The highest BCUT2D eigenvalue weighted by molar-refractivity contribution is 7.98. The maximum Gasteiger partial charge on any atom is 0.155 e.